The monoisotopic (exact) mass is 322 g/mol. The molecule has 0 amide bonds. The summed E-state index contributed by atoms with van der Waals surface area (Å²) >= 11 is 7.39. The molecule has 5 heteroatoms. The van der Waals surface area contributed by atoms with Crippen molar-refractivity contribution in [1.29, 1.82) is 0 Å². The lowest BCUT2D eigenvalue weighted by Gasteiger charge is -2.04. The van der Waals surface area contributed by atoms with Gasteiger partial charge >= 0.3 is 0 Å². The van der Waals surface area contributed by atoms with Crippen LogP contribution >= 0.6 is 22.9 Å². The summed E-state index contributed by atoms with van der Waals surface area (Å²) < 4.78 is 6.33. The van der Waals surface area contributed by atoms with Gasteiger partial charge in [-0.15, -0.1) is 11.3 Å². The van der Waals surface area contributed by atoms with Crippen LogP contribution in [0.5, 0.6) is 0 Å². The van der Waals surface area contributed by atoms with E-state index in [1.54, 1.807) is 0 Å². The van der Waals surface area contributed by atoms with Crippen molar-refractivity contribution in [3.8, 4) is 0 Å². The van der Waals surface area contributed by atoms with Gasteiger partial charge in [0.1, 0.15) is 0 Å². The number of aryl methyl sites for hydroxylation is 1. The van der Waals surface area contributed by atoms with E-state index >= 15 is 0 Å². The third kappa shape index (κ3) is 5.87. The van der Waals surface area contributed by atoms with Gasteiger partial charge in [0, 0.05) is 11.3 Å². The summed E-state index contributed by atoms with van der Waals surface area (Å²) in [5.41, 5.74) is 8.35. The number of nitrogens with zero attached hydrogens (tertiary/aromatic N) is 1. The highest BCUT2D eigenvalue weighted by atomic mass is 35.5. The molecule has 0 saturated heterocycles. The highest BCUT2D eigenvalue weighted by molar-refractivity contribution is 7.16. The van der Waals surface area contributed by atoms with E-state index in [4.69, 9.17) is 22.1 Å². The number of hydrogen-bond donors (Lipinski definition) is 1. The zero-order chi connectivity index (χ0) is 15.1. The van der Waals surface area contributed by atoms with Crippen LogP contribution in [-0.4, -0.2) is 19.0 Å². The summed E-state index contributed by atoms with van der Waals surface area (Å²) in [5, 5.41) is 0. The number of rotatable bonds is 7. The summed E-state index contributed by atoms with van der Waals surface area (Å²) in [7, 11) is 0. The molecule has 1 aromatic heterocycles. The molecule has 0 aliphatic heterocycles. The Kier molecular flexibility index (Phi) is 6.23. The Morgan fingerprint density at radius 3 is 2.90 bits per heavy atom. The number of hydrogen-bond acceptors (Lipinski definition) is 3. The highest BCUT2D eigenvalue weighted by Gasteiger charge is 1.99. The van der Waals surface area contributed by atoms with Gasteiger partial charge in [-0.05, 0) is 24.6 Å². The van der Waals surface area contributed by atoms with Crippen LogP contribution in [0, 0.1) is 6.92 Å². The second-order valence-corrected chi connectivity index (χ2v) is 6.60. The average molecular weight is 323 g/mol. The molecule has 2 N–H and O–H groups in total. The number of benzene rings is 1. The van der Waals surface area contributed by atoms with E-state index in [2.05, 4.69) is 30.1 Å². The first-order valence-electron chi connectivity index (χ1n) is 6.80. The molecule has 0 unspecified atom stereocenters. The van der Waals surface area contributed by atoms with Gasteiger partial charge in [-0.1, -0.05) is 41.4 Å². The van der Waals surface area contributed by atoms with Gasteiger partial charge in [-0.3, -0.25) is 4.99 Å². The molecule has 2 aromatic rings. The number of nitrogens with two attached hydrogens (primary N) is 1. The molecule has 112 valence electrons. The Hall–Kier alpha value is -1.36. The molecule has 0 atom stereocenters. The van der Waals surface area contributed by atoms with Crippen LogP contribution in [0.15, 0.2) is 41.4 Å². The Bertz CT molecular complexity index is 610. The summed E-state index contributed by atoms with van der Waals surface area (Å²) in [6, 6.07) is 12.1. The van der Waals surface area contributed by atoms with Crippen molar-refractivity contribution in [2.24, 2.45) is 10.7 Å². The fraction of sp³-hybridized carbons (Fsp3) is 0.312. The second-order valence-electron chi connectivity index (χ2n) is 4.80. The molecule has 1 aromatic carbocycles. The topological polar surface area (TPSA) is 47.6 Å². The van der Waals surface area contributed by atoms with E-state index in [-0.39, 0.29) is 0 Å². The summed E-state index contributed by atoms with van der Waals surface area (Å²) in [6.45, 7) is 3.78. The van der Waals surface area contributed by atoms with E-state index in [9.17, 15) is 0 Å². The summed E-state index contributed by atoms with van der Waals surface area (Å²) in [4.78, 5) is 5.45. The smallest absolute Gasteiger partial charge is 0.0982 e. The zero-order valence-electron chi connectivity index (χ0n) is 12.0. The third-order valence-electron chi connectivity index (χ3n) is 2.89. The fourth-order valence-electron chi connectivity index (χ4n) is 1.94. The fourth-order valence-corrected chi connectivity index (χ4v) is 2.97. The van der Waals surface area contributed by atoms with Crippen LogP contribution in [-0.2, 0) is 17.8 Å². The Labute approximate surface area is 134 Å². The van der Waals surface area contributed by atoms with Gasteiger partial charge in [0.15, 0.2) is 0 Å². The first-order chi connectivity index (χ1) is 10.1. The first kappa shape index (κ1) is 16.0. The molecule has 0 spiro atoms. The van der Waals surface area contributed by atoms with Crippen LogP contribution in [0.3, 0.4) is 0 Å². The van der Waals surface area contributed by atoms with Gasteiger partial charge in [-0.25, -0.2) is 0 Å². The molecule has 0 radical (unpaired) electrons. The highest BCUT2D eigenvalue weighted by Crippen LogP contribution is 2.21. The minimum absolute atomic E-state index is 0.560. The second kappa shape index (κ2) is 8.17. The Morgan fingerprint density at radius 1 is 1.33 bits per heavy atom. The number of amidine groups is 1. The maximum Gasteiger partial charge on any atom is 0.0982 e. The minimum atomic E-state index is 0.560. The predicted molar refractivity (Wildman–Crippen MR) is 90.4 cm³/mol. The lowest BCUT2D eigenvalue weighted by atomic mass is 10.1. The van der Waals surface area contributed by atoms with Crippen molar-refractivity contribution in [2.75, 3.05) is 13.2 Å². The van der Waals surface area contributed by atoms with Crippen LogP contribution in [0.4, 0.5) is 0 Å². The molecule has 0 fully saturated rings. The van der Waals surface area contributed by atoms with Gasteiger partial charge in [0.2, 0.25) is 0 Å². The number of halogens is 1. The van der Waals surface area contributed by atoms with Crippen molar-refractivity contribution in [3.63, 3.8) is 0 Å². The predicted octanol–water partition coefficient (Wildman–Crippen LogP) is 3.83. The van der Waals surface area contributed by atoms with Crippen molar-refractivity contribution in [1.82, 2.24) is 0 Å². The van der Waals surface area contributed by atoms with E-state index in [1.165, 1.54) is 22.5 Å². The minimum Gasteiger partial charge on any atom is -0.387 e. The normalized spacial score (nSPS) is 11.8. The Morgan fingerprint density at radius 2 is 2.19 bits per heavy atom. The van der Waals surface area contributed by atoms with Crippen LogP contribution < -0.4 is 5.73 Å². The molecular weight excluding hydrogens is 304 g/mol. The van der Waals surface area contributed by atoms with Crippen molar-refractivity contribution in [3.05, 3.63) is 56.7 Å². The van der Waals surface area contributed by atoms with E-state index in [0.29, 0.717) is 32.0 Å². The van der Waals surface area contributed by atoms with Crippen LogP contribution in [0.1, 0.15) is 16.0 Å². The molecule has 0 bridgehead atoms. The van der Waals surface area contributed by atoms with Gasteiger partial charge in [0.05, 0.1) is 29.9 Å². The lowest BCUT2D eigenvalue weighted by molar-refractivity contribution is 0.130. The SMILES string of the molecule is Cc1cccc(CC(N)=NCCOCc2ccc(Cl)s2)c1. The summed E-state index contributed by atoms with van der Waals surface area (Å²) in [6.07, 6.45) is 0.683. The molecule has 0 aliphatic carbocycles. The first-order valence-corrected chi connectivity index (χ1v) is 7.99. The Balaban J connectivity index is 1.69. The lowest BCUT2D eigenvalue weighted by Crippen LogP contribution is -2.16. The maximum atomic E-state index is 5.93. The van der Waals surface area contributed by atoms with Gasteiger partial charge in [-0.2, -0.15) is 0 Å². The van der Waals surface area contributed by atoms with Crippen molar-refractivity contribution in [2.45, 2.75) is 20.0 Å². The molecule has 0 saturated carbocycles. The van der Waals surface area contributed by atoms with Gasteiger partial charge in [0.25, 0.3) is 0 Å². The standard InChI is InChI=1S/C16H19ClN2OS/c1-12-3-2-4-13(9-12)10-16(18)19-7-8-20-11-14-5-6-15(17)21-14/h2-6,9H,7-8,10-11H2,1H3,(H2,18,19). The quantitative estimate of drug-likeness (QED) is 0.478. The largest absolute Gasteiger partial charge is 0.387 e. The van der Waals surface area contributed by atoms with Gasteiger partial charge < -0.3 is 10.5 Å². The summed E-state index contributed by atoms with van der Waals surface area (Å²) in [5.74, 6) is 0.642. The third-order valence-corrected chi connectivity index (χ3v) is 4.10. The van der Waals surface area contributed by atoms with E-state index < -0.39 is 0 Å². The molecule has 21 heavy (non-hydrogen) atoms. The van der Waals surface area contributed by atoms with Crippen LogP contribution in [0.25, 0.3) is 0 Å². The van der Waals surface area contributed by atoms with E-state index in [1.807, 2.05) is 18.2 Å². The maximum absolute atomic E-state index is 5.93. The molecule has 3 nitrogen and oxygen atoms in total. The zero-order valence-corrected chi connectivity index (χ0v) is 13.6. The number of ether oxygens (including phenoxy) is 1. The van der Waals surface area contributed by atoms with Crippen molar-refractivity contribution >= 4 is 28.8 Å². The number of thiophene rings is 1. The van der Waals surface area contributed by atoms with Crippen molar-refractivity contribution < 1.29 is 4.74 Å². The molecular formula is C16H19ClN2OS. The molecule has 2 rings (SSSR count). The van der Waals surface area contributed by atoms with Crippen LogP contribution in [0.2, 0.25) is 4.34 Å². The average Bonchev–Trinajstić information content (AvgIpc) is 2.84. The molecule has 1 heterocycles. The molecule has 0 aliphatic rings. The number of aliphatic imine (C=N–C) groups is 1. The van der Waals surface area contributed by atoms with E-state index in [0.717, 1.165) is 9.21 Å².